The Balaban J connectivity index is 0.000000252. The summed E-state index contributed by atoms with van der Waals surface area (Å²) in [5, 5.41) is 13.4. The number of aliphatic hydroxyl groups excluding tert-OH is 1. The van der Waals surface area contributed by atoms with E-state index in [0.717, 1.165) is 55.2 Å². The first-order valence-electron chi connectivity index (χ1n) is 17.3. The van der Waals surface area contributed by atoms with E-state index in [2.05, 4.69) is 83.8 Å². The third kappa shape index (κ3) is 7.62. The second-order valence-electron chi connectivity index (χ2n) is 12.5. The summed E-state index contributed by atoms with van der Waals surface area (Å²) in [6, 6.07) is 29.4. The third-order valence-corrected chi connectivity index (χ3v) is 11.0. The number of benzene rings is 3. The van der Waals surface area contributed by atoms with Gasteiger partial charge in [-0.2, -0.15) is 0 Å². The van der Waals surface area contributed by atoms with Crippen LogP contribution in [-0.2, 0) is 37.7 Å². The molecule has 1 aliphatic carbocycles. The van der Waals surface area contributed by atoms with Crippen molar-refractivity contribution >= 4 is 38.0 Å². The third-order valence-electron chi connectivity index (χ3n) is 9.70. The molecule has 1 radical (unpaired) electrons. The number of ketones is 1. The number of carbonyl (C=O) groups is 1. The SMILES string of the molecule is CCC(CC)C(=O)/C=C(\O)C(CC)CC.[Ir].[c-]1c(-c2nccc3c4c(sc23)-c2ccncc2CC4)cc(-c2ccccc2)c2ccccc12. The fourth-order valence-corrected chi connectivity index (χ4v) is 8.24. The summed E-state index contributed by atoms with van der Waals surface area (Å²) in [4.78, 5) is 22.3. The number of aliphatic hydroxyl groups is 1. The van der Waals surface area contributed by atoms with Gasteiger partial charge in [-0.05, 0) is 78.3 Å². The topological polar surface area (TPSA) is 63.1 Å². The molecule has 0 saturated carbocycles. The number of hydrogen-bond donors (Lipinski definition) is 1. The largest absolute Gasteiger partial charge is 0.512 e. The van der Waals surface area contributed by atoms with Gasteiger partial charge in [-0.3, -0.25) is 14.8 Å². The van der Waals surface area contributed by atoms with E-state index in [9.17, 15) is 9.90 Å². The standard InChI is InChI=1S/C30H19N2S.C13H24O2.Ir/c1-2-6-19(7-3-1)27-17-22(16-20-8-4-5-9-23(20)27)28-30-26(13-15-32-28)25-11-10-21-18-31-14-12-24(21)29(25)33-30;1-5-10(6-2)12(14)9-13(15)11(7-3)8-4;/h1-9,12-15,17-18H,10-11H2;9-11,14H,5-8H2,1-4H3;/q-1;;/b;12-9-;. The second kappa shape index (κ2) is 16.6. The van der Waals surface area contributed by atoms with E-state index in [0.29, 0.717) is 0 Å². The zero-order valence-electron chi connectivity index (χ0n) is 28.6. The minimum Gasteiger partial charge on any atom is -0.512 e. The minimum atomic E-state index is 0. The quantitative estimate of drug-likeness (QED) is 0.0895. The molecule has 6 heteroatoms. The van der Waals surface area contributed by atoms with E-state index >= 15 is 0 Å². The molecule has 1 aliphatic rings. The van der Waals surface area contributed by atoms with E-state index in [1.54, 1.807) is 0 Å². The molecule has 0 saturated heterocycles. The molecule has 0 amide bonds. The van der Waals surface area contributed by atoms with Crippen LogP contribution < -0.4 is 0 Å². The van der Waals surface area contributed by atoms with Crippen LogP contribution in [0.2, 0.25) is 0 Å². The molecule has 0 bridgehead atoms. The summed E-state index contributed by atoms with van der Waals surface area (Å²) in [6.45, 7) is 8.07. The van der Waals surface area contributed by atoms with Gasteiger partial charge in [0.15, 0.2) is 5.78 Å². The van der Waals surface area contributed by atoms with Gasteiger partial charge in [0.1, 0.15) is 0 Å². The number of aromatic nitrogens is 2. The van der Waals surface area contributed by atoms with Crippen LogP contribution in [0.15, 0.2) is 103 Å². The van der Waals surface area contributed by atoms with E-state index in [4.69, 9.17) is 4.98 Å². The molecule has 7 rings (SSSR count). The number of fused-ring (bicyclic) bond motifs is 6. The van der Waals surface area contributed by atoms with Crippen LogP contribution in [0, 0.1) is 17.9 Å². The van der Waals surface area contributed by atoms with E-state index in [1.807, 2.05) is 57.6 Å². The van der Waals surface area contributed by atoms with Gasteiger partial charge in [0.25, 0.3) is 0 Å². The molecule has 4 nitrogen and oxygen atoms in total. The summed E-state index contributed by atoms with van der Waals surface area (Å²) >= 11 is 1.86. The normalized spacial score (nSPS) is 12.3. The molecule has 1 N–H and O–H groups in total. The predicted octanol–water partition coefficient (Wildman–Crippen LogP) is 11.6. The number of nitrogens with zero attached hydrogens (tertiary/aromatic N) is 2. The van der Waals surface area contributed by atoms with Crippen LogP contribution in [0.4, 0.5) is 0 Å². The minimum absolute atomic E-state index is 0. The van der Waals surface area contributed by atoms with Crippen molar-refractivity contribution in [2.75, 3.05) is 0 Å². The number of thiophene rings is 1. The summed E-state index contributed by atoms with van der Waals surface area (Å²) in [6.07, 6.45) is 12.9. The molecule has 0 fully saturated rings. The van der Waals surface area contributed by atoms with Gasteiger partial charge in [0.2, 0.25) is 0 Å². The molecule has 6 aromatic rings. The molecule has 0 unspecified atom stereocenters. The van der Waals surface area contributed by atoms with Crippen LogP contribution in [0.25, 0.3) is 53.7 Å². The molecule has 3 aromatic carbocycles. The smallest absolute Gasteiger partial charge is 0.162 e. The van der Waals surface area contributed by atoms with Crippen LogP contribution in [-0.4, -0.2) is 20.9 Å². The zero-order valence-corrected chi connectivity index (χ0v) is 31.8. The molecule has 49 heavy (non-hydrogen) atoms. The number of carbonyl (C=O) groups excluding carboxylic acids is 1. The van der Waals surface area contributed by atoms with E-state index in [-0.39, 0.29) is 43.5 Å². The molecule has 0 atom stereocenters. The molecule has 3 heterocycles. The van der Waals surface area contributed by atoms with Crippen molar-refractivity contribution in [3.63, 3.8) is 0 Å². The Kier molecular flexibility index (Phi) is 12.3. The molecular weight excluding hydrogens is 801 g/mol. The Hall–Kier alpha value is -3.96. The Bertz CT molecular complexity index is 2080. The number of pyridine rings is 2. The zero-order chi connectivity index (χ0) is 33.6. The number of allylic oxidation sites excluding steroid dienone is 2. The predicted molar refractivity (Wildman–Crippen MR) is 201 cm³/mol. The monoisotopic (exact) mass is 844 g/mol. The molecule has 0 aliphatic heterocycles. The average molecular weight is 844 g/mol. The van der Waals surface area contributed by atoms with E-state index < -0.39 is 0 Å². The van der Waals surface area contributed by atoms with Crippen LogP contribution in [0.1, 0.15) is 64.5 Å². The van der Waals surface area contributed by atoms with Crippen molar-refractivity contribution in [3.05, 3.63) is 120 Å². The maximum atomic E-state index is 11.7. The summed E-state index contributed by atoms with van der Waals surface area (Å²) < 4.78 is 1.25. The van der Waals surface area contributed by atoms with Gasteiger partial charge in [-0.25, -0.2) is 0 Å². The average Bonchev–Trinajstić information content (AvgIpc) is 3.52. The van der Waals surface area contributed by atoms with Crippen molar-refractivity contribution in [2.24, 2.45) is 11.8 Å². The fourth-order valence-electron chi connectivity index (χ4n) is 6.83. The van der Waals surface area contributed by atoms with Crippen molar-refractivity contribution in [2.45, 2.75) is 66.2 Å². The Morgan fingerprint density at radius 3 is 2.31 bits per heavy atom. The van der Waals surface area contributed by atoms with Gasteiger partial charge < -0.3 is 5.11 Å². The van der Waals surface area contributed by atoms with Gasteiger partial charge in [-0.1, -0.05) is 92.7 Å². The van der Waals surface area contributed by atoms with E-state index in [1.165, 1.54) is 54.2 Å². The Labute approximate surface area is 307 Å². The van der Waals surface area contributed by atoms with Crippen LogP contribution >= 0.6 is 11.3 Å². The van der Waals surface area contributed by atoms with Crippen LogP contribution in [0.3, 0.4) is 0 Å². The van der Waals surface area contributed by atoms with Gasteiger partial charge in [0.05, 0.1) is 5.76 Å². The van der Waals surface area contributed by atoms with Crippen molar-refractivity contribution in [1.29, 1.82) is 0 Å². The number of hydrogen-bond acceptors (Lipinski definition) is 5. The van der Waals surface area contributed by atoms with Gasteiger partial charge in [-0.15, -0.1) is 34.9 Å². The van der Waals surface area contributed by atoms with Crippen molar-refractivity contribution < 1.29 is 30.0 Å². The summed E-state index contributed by atoms with van der Waals surface area (Å²) in [7, 11) is 0. The van der Waals surface area contributed by atoms with Crippen LogP contribution in [0.5, 0.6) is 0 Å². The molecular formula is C43H43IrN2O2S-. The fraction of sp³-hybridized carbons (Fsp3) is 0.279. The first-order chi connectivity index (χ1) is 23.5. The number of aryl methyl sites for hydroxylation is 2. The molecule has 253 valence electrons. The molecule has 3 aromatic heterocycles. The van der Waals surface area contributed by atoms with Crippen molar-refractivity contribution in [1.82, 2.24) is 9.97 Å². The Morgan fingerprint density at radius 2 is 1.57 bits per heavy atom. The van der Waals surface area contributed by atoms with Gasteiger partial charge in [0, 0.05) is 71.9 Å². The summed E-state index contributed by atoms with van der Waals surface area (Å²) in [5.41, 5.74) is 8.61. The first kappa shape index (κ1) is 36.3. The first-order valence-corrected chi connectivity index (χ1v) is 18.1. The van der Waals surface area contributed by atoms with Gasteiger partial charge >= 0.3 is 0 Å². The Morgan fingerprint density at radius 1 is 0.857 bits per heavy atom. The second-order valence-corrected chi connectivity index (χ2v) is 13.5. The number of rotatable bonds is 9. The maximum absolute atomic E-state index is 11.7. The maximum Gasteiger partial charge on any atom is 0.162 e. The summed E-state index contributed by atoms with van der Waals surface area (Å²) in [5.74, 6) is 0.547. The molecule has 0 spiro atoms. The van der Waals surface area contributed by atoms with Crippen molar-refractivity contribution in [3.8, 4) is 32.8 Å².